The summed E-state index contributed by atoms with van der Waals surface area (Å²) in [6.07, 6.45) is 0. The minimum atomic E-state index is -0.186. The molecule has 0 aliphatic heterocycles. The first-order valence-corrected chi connectivity index (χ1v) is 6.76. The molecule has 0 amide bonds. The van der Waals surface area contributed by atoms with Crippen LogP contribution in [-0.4, -0.2) is 13.7 Å². The number of ether oxygens (including phenoxy) is 2. The van der Waals surface area contributed by atoms with Crippen molar-refractivity contribution in [1.82, 2.24) is 0 Å². The van der Waals surface area contributed by atoms with E-state index < -0.39 is 0 Å². The van der Waals surface area contributed by atoms with Gasteiger partial charge >= 0.3 is 0 Å². The zero-order valence-corrected chi connectivity index (χ0v) is 12.3. The molecule has 0 aliphatic rings. The van der Waals surface area contributed by atoms with Gasteiger partial charge in [-0.25, -0.2) is 0 Å². The molecule has 0 aromatic heterocycles. The molecule has 2 rings (SSSR count). The van der Waals surface area contributed by atoms with E-state index in [9.17, 15) is 0 Å². The largest absolute Gasteiger partial charge is 0.497 e. The fourth-order valence-electron chi connectivity index (χ4n) is 1.71. The van der Waals surface area contributed by atoms with Crippen LogP contribution < -0.4 is 15.2 Å². The Bertz CT molecular complexity index is 545. The number of nitrogens with two attached hydrogens (primary N) is 1. The van der Waals surface area contributed by atoms with Crippen LogP contribution in [-0.2, 0) is 0 Å². The van der Waals surface area contributed by atoms with E-state index in [1.54, 1.807) is 7.11 Å². The zero-order chi connectivity index (χ0) is 13.7. The molecule has 3 nitrogen and oxygen atoms in total. The van der Waals surface area contributed by atoms with Gasteiger partial charge in [0.25, 0.3) is 0 Å². The van der Waals surface area contributed by atoms with Crippen LogP contribution in [0.2, 0.25) is 0 Å². The third kappa shape index (κ3) is 3.98. The van der Waals surface area contributed by atoms with E-state index in [1.165, 1.54) is 0 Å². The van der Waals surface area contributed by atoms with Crippen molar-refractivity contribution in [2.24, 2.45) is 5.73 Å². The zero-order valence-electron chi connectivity index (χ0n) is 10.7. The van der Waals surface area contributed by atoms with Crippen molar-refractivity contribution in [2.75, 3.05) is 13.7 Å². The second kappa shape index (κ2) is 6.59. The molecule has 0 bridgehead atoms. The average Bonchev–Trinajstić information content (AvgIpc) is 2.45. The molecule has 0 spiro atoms. The Morgan fingerprint density at radius 3 is 2.58 bits per heavy atom. The summed E-state index contributed by atoms with van der Waals surface area (Å²) in [5.41, 5.74) is 7.11. The Kier molecular flexibility index (Phi) is 4.82. The smallest absolute Gasteiger partial charge is 0.120 e. The first-order chi connectivity index (χ1) is 9.19. The van der Waals surface area contributed by atoms with Crippen LogP contribution in [0.3, 0.4) is 0 Å². The Labute approximate surface area is 121 Å². The van der Waals surface area contributed by atoms with E-state index in [1.807, 2.05) is 48.5 Å². The van der Waals surface area contributed by atoms with Crippen molar-refractivity contribution < 1.29 is 9.47 Å². The molecule has 0 saturated heterocycles. The highest BCUT2D eigenvalue weighted by atomic mass is 79.9. The van der Waals surface area contributed by atoms with Gasteiger partial charge in [-0.15, -0.1) is 0 Å². The molecule has 4 heteroatoms. The first kappa shape index (κ1) is 13.9. The second-order valence-corrected chi connectivity index (χ2v) is 5.07. The highest BCUT2D eigenvalue weighted by Crippen LogP contribution is 2.21. The van der Waals surface area contributed by atoms with Crippen LogP contribution in [0.4, 0.5) is 0 Å². The summed E-state index contributed by atoms with van der Waals surface area (Å²) in [7, 11) is 1.64. The van der Waals surface area contributed by atoms with Crippen LogP contribution in [0.5, 0.6) is 11.5 Å². The summed E-state index contributed by atoms with van der Waals surface area (Å²) in [4.78, 5) is 0. The fourth-order valence-corrected chi connectivity index (χ4v) is 2.09. The molecule has 0 saturated carbocycles. The molecule has 2 aromatic carbocycles. The van der Waals surface area contributed by atoms with Crippen LogP contribution in [0.15, 0.2) is 53.0 Å². The van der Waals surface area contributed by atoms with Gasteiger partial charge in [0.2, 0.25) is 0 Å². The lowest BCUT2D eigenvalue weighted by molar-refractivity contribution is 0.290. The first-order valence-electron chi connectivity index (χ1n) is 5.97. The van der Waals surface area contributed by atoms with Crippen molar-refractivity contribution in [1.29, 1.82) is 0 Å². The molecule has 19 heavy (non-hydrogen) atoms. The fraction of sp³-hybridized carbons (Fsp3) is 0.200. The molecule has 1 atom stereocenters. The molecule has 0 heterocycles. The molecule has 0 aliphatic carbocycles. The third-order valence-electron chi connectivity index (χ3n) is 2.75. The van der Waals surface area contributed by atoms with E-state index in [0.29, 0.717) is 6.61 Å². The number of hydrogen-bond acceptors (Lipinski definition) is 3. The van der Waals surface area contributed by atoms with Gasteiger partial charge in [0, 0.05) is 4.47 Å². The molecule has 0 fully saturated rings. The average molecular weight is 322 g/mol. The summed E-state index contributed by atoms with van der Waals surface area (Å²) in [6.45, 7) is 0.420. The lowest BCUT2D eigenvalue weighted by atomic mass is 10.1. The lowest BCUT2D eigenvalue weighted by Crippen LogP contribution is -2.19. The maximum atomic E-state index is 6.11. The number of benzene rings is 2. The van der Waals surface area contributed by atoms with Gasteiger partial charge in [-0.2, -0.15) is 0 Å². The van der Waals surface area contributed by atoms with Crippen molar-refractivity contribution in [2.45, 2.75) is 6.04 Å². The van der Waals surface area contributed by atoms with Crippen molar-refractivity contribution in [3.8, 4) is 11.5 Å². The maximum absolute atomic E-state index is 6.11. The normalized spacial score (nSPS) is 11.9. The number of hydrogen-bond donors (Lipinski definition) is 1. The topological polar surface area (TPSA) is 44.5 Å². The predicted octanol–water partition coefficient (Wildman–Crippen LogP) is 3.54. The molecule has 0 radical (unpaired) electrons. The van der Waals surface area contributed by atoms with Crippen LogP contribution in [0.25, 0.3) is 0 Å². The molecule has 100 valence electrons. The molecule has 2 N–H and O–H groups in total. The van der Waals surface area contributed by atoms with Crippen LogP contribution in [0.1, 0.15) is 11.6 Å². The Morgan fingerprint density at radius 2 is 1.84 bits per heavy atom. The van der Waals surface area contributed by atoms with Gasteiger partial charge < -0.3 is 15.2 Å². The van der Waals surface area contributed by atoms with Crippen molar-refractivity contribution in [3.63, 3.8) is 0 Å². The van der Waals surface area contributed by atoms with E-state index in [0.717, 1.165) is 21.5 Å². The second-order valence-electron chi connectivity index (χ2n) is 4.15. The van der Waals surface area contributed by atoms with Gasteiger partial charge in [-0.3, -0.25) is 0 Å². The minimum absolute atomic E-state index is 0.186. The van der Waals surface area contributed by atoms with E-state index in [4.69, 9.17) is 15.2 Å². The summed E-state index contributed by atoms with van der Waals surface area (Å²) in [6, 6.07) is 15.2. The quantitative estimate of drug-likeness (QED) is 0.916. The van der Waals surface area contributed by atoms with Crippen LogP contribution >= 0.6 is 15.9 Å². The Balaban J connectivity index is 1.99. The highest BCUT2D eigenvalue weighted by molar-refractivity contribution is 9.10. The van der Waals surface area contributed by atoms with Gasteiger partial charge in [-0.05, 0) is 35.9 Å². The van der Waals surface area contributed by atoms with Gasteiger partial charge in [0.1, 0.15) is 18.1 Å². The van der Waals surface area contributed by atoms with E-state index in [2.05, 4.69) is 15.9 Å². The standard InChI is InChI=1S/C15H16BrNO2/c1-18-13-6-2-4-11(8-13)15(17)10-19-14-7-3-5-12(16)9-14/h2-9,15H,10,17H2,1H3. The van der Waals surface area contributed by atoms with Gasteiger partial charge in [0.05, 0.1) is 13.2 Å². The van der Waals surface area contributed by atoms with Gasteiger partial charge in [0.15, 0.2) is 0 Å². The molecular weight excluding hydrogens is 306 g/mol. The SMILES string of the molecule is COc1cccc(C(N)COc2cccc(Br)c2)c1. The number of methoxy groups -OCH3 is 1. The number of halogens is 1. The molecular formula is C15H16BrNO2. The monoisotopic (exact) mass is 321 g/mol. The predicted molar refractivity (Wildman–Crippen MR) is 79.6 cm³/mol. The number of rotatable bonds is 5. The van der Waals surface area contributed by atoms with Crippen LogP contribution in [0, 0.1) is 0 Å². The summed E-state index contributed by atoms with van der Waals surface area (Å²) in [5.74, 6) is 1.60. The summed E-state index contributed by atoms with van der Waals surface area (Å²) >= 11 is 3.41. The lowest BCUT2D eigenvalue weighted by Gasteiger charge is -2.14. The summed E-state index contributed by atoms with van der Waals surface area (Å²) < 4.78 is 11.8. The Morgan fingerprint density at radius 1 is 1.11 bits per heavy atom. The van der Waals surface area contributed by atoms with Crippen molar-refractivity contribution in [3.05, 3.63) is 58.6 Å². The summed E-state index contributed by atoms with van der Waals surface area (Å²) in [5, 5.41) is 0. The third-order valence-corrected chi connectivity index (χ3v) is 3.24. The van der Waals surface area contributed by atoms with Crippen molar-refractivity contribution >= 4 is 15.9 Å². The Hall–Kier alpha value is -1.52. The van der Waals surface area contributed by atoms with E-state index >= 15 is 0 Å². The maximum Gasteiger partial charge on any atom is 0.120 e. The van der Waals surface area contributed by atoms with E-state index in [-0.39, 0.29) is 6.04 Å². The molecule has 2 aromatic rings. The highest BCUT2D eigenvalue weighted by Gasteiger charge is 2.08. The minimum Gasteiger partial charge on any atom is -0.497 e. The van der Waals surface area contributed by atoms with Gasteiger partial charge in [-0.1, -0.05) is 34.1 Å². The molecule has 1 unspecified atom stereocenters.